The molecule has 4 nitrogen and oxygen atoms in total. The Hall–Kier alpha value is -1.71. The number of hydrogen-bond acceptors (Lipinski definition) is 4. The zero-order valence-corrected chi connectivity index (χ0v) is 10.7. The summed E-state index contributed by atoms with van der Waals surface area (Å²) in [6.45, 7) is 7.44. The van der Waals surface area contributed by atoms with E-state index in [0.717, 1.165) is 23.5 Å². The molecule has 0 spiro atoms. The first-order valence-corrected chi connectivity index (χ1v) is 5.79. The first-order valence-electron chi connectivity index (χ1n) is 5.79. The van der Waals surface area contributed by atoms with Crippen molar-refractivity contribution in [2.24, 2.45) is 0 Å². The molecule has 0 amide bonds. The van der Waals surface area contributed by atoms with E-state index in [9.17, 15) is 4.79 Å². The van der Waals surface area contributed by atoms with Gasteiger partial charge >= 0.3 is 5.97 Å². The van der Waals surface area contributed by atoms with Crippen LogP contribution in [0.2, 0.25) is 0 Å². The van der Waals surface area contributed by atoms with Crippen LogP contribution in [0.25, 0.3) is 0 Å². The minimum absolute atomic E-state index is 0.241. The SMILES string of the molecule is CCN(CCOC(C)=O)c1ccc(N)c(C)c1. The molecule has 1 rings (SSSR count). The predicted molar refractivity (Wildman–Crippen MR) is 70.1 cm³/mol. The van der Waals surface area contributed by atoms with Crippen molar-refractivity contribution in [3.05, 3.63) is 23.8 Å². The summed E-state index contributed by atoms with van der Waals surface area (Å²) in [7, 11) is 0. The van der Waals surface area contributed by atoms with Gasteiger partial charge in [0, 0.05) is 24.8 Å². The van der Waals surface area contributed by atoms with Gasteiger partial charge in [-0.3, -0.25) is 4.79 Å². The zero-order chi connectivity index (χ0) is 12.8. The third kappa shape index (κ3) is 3.98. The van der Waals surface area contributed by atoms with Crippen LogP contribution < -0.4 is 10.6 Å². The molecule has 1 aromatic carbocycles. The van der Waals surface area contributed by atoms with Crippen LogP contribution in [0.5, 0.6) is 0 Å². The molecule has 17 heavy (non-hydrogen) atoms. The summed E-state index contributed by atoms with van der Waals surface area (Å²) in [5.41, 5.74) is 8.74. The van der Waals surface area contributed by atoms with E-state index in [4.69, 9.17) is 10.5 Å². The number of anilines is 2. The summed E-state index contributed by atoms with van der Waals surface area (Å²) in [4.78, 5) is 12.8. The van der Waals surface area contributed by atoms with E-state index < -0.39 is 0 Å². The Balaban J connectivity index is 2.65. The van der Waals surface area contributed by atoms with Crippen molar-refractivity contribution < 1.29 is 9.53 Å². The van der Waals surface area contributed by atoms with Crippen molar-refractivity contribution in [1.82, 2.24) is 0 Å². The summed E-state index contributed by atoms with van der Waals surface area (Å²) in [5.74, 6) is -0.241. The van der Waals surface area contributed by atoms with Crippen molar-refractivity contribution in [3.8, 4) is 0 Å². The molecule has 0 heterocycles. The number of ether oxygens (including phenoxy) is 1. The van der Waals surface area contributed by atoms with Crippen LogP contribution in [0, 0.1) is 6.92 Å². The Kier molecular flexibility index (Phi) is 4.82. The van der Waals surface area contributed by atoms with E-state index in [1.807, 2.05) is 25.1 Å². The smallest absolute Gasteiger partial charge is 0.302 e. The molecule has 0 saturated heterocycles. The lowest BCUT2D eigenvalue weighted by Gasteiger charge is -2.23. The van der Waals surface area contributed by atoms with Crippen LogP contribution in [0.4, 0.5) is 11.4 Å². The van der Waals surface area contributed by atoms with E-state index >= 15 is 0 Å². The Morgan fingerprint density at radius 2 is 2.18 bits per heavy atom. The summed E-state index contributed by atoms with van der Waals surface area (Å²) in [5, 5.41) is 0. The maximum atomic E-state index is 10.7. The Morgan fingerprint density at radius 1 is 1.47 bits per heavy atom. The molecule has 94 valence electrons. The lowest BCUT2D eigenvalue weighted by molar-refractivity contribution is -0.140. The largest absolute Gasteiger partial charge is 0.464 e. The van der Waals surface area contributed by atoms with Gasteiger partial charge in [-0.15, -0.1) is 0 Å². The maximum Gasteiger partial charge on any atom is 0.302 e. The lowest BCUT2D eigenvalue weighted by atomic mass is 10.1. The molecule has 0 radical (unpaired) electrons. The maximum absolute atomic E-state index is 10.7. The van der Waals surface area contributed by atoms with Crippen LogP contribution >= 0.6 is 0 Å². The van der Waals surface area contributed by atoms with Crippen molar-refractivity contribution in [3.63, 3.8) is 0 Å². The first kappa shape index (κ1) is 13.4. The minimum Gasteiger partial charge on any atom is -0.464 e. The van der Waals surface area contributed by atoms with Gasteiger partial charge in [-0.25, -0.2) is 0 Å². The van der Waals surface area contributed by atoms with Crippen molar-refractivity contribution in [2.45, 2.75) is 20.8 Å². The number of aryl methyl sites for hydroxylation is 1. The fraction of sp³-hybridized carbons (Fsp3) is 0.462. The monoisotopic (exact) mass is 236 g/mol. The number of carbonyl (C=O) groups is 1. The molecule has 0 unspecified atom stereocenters. The number of benzene rings is 1. The second kappa shape index (κ2) is 6.13. The highest BCUT2D eigenvalue weighted by molar-refractivity contribution is 5.66. The summed E-state index contributed by atoms with van der Waals surface area (Å²) < 4.78 is 4.94. The zero-order valence-electron chi connectivity index (χ0n) is 10.7. The van der Waals surface area contributed by atoms with Crippen LogP contribution in [0.3, 0.4) is 0 Å². The Morgan fingerprint density at radius 3 is 2.71 bits per heavy atom. The van der Waals surface area contributed by atoms with Crippen LogP contribution in [0.15, 0.2) is 18.2 Å². The molecular formula is C13H20N2O2. The van der Waals surface area contributed by atoms with Gasteiger partial charge in [-0.2, -0.15) is 0 Å². The molecule has 0 aliphatic rings. The molecule has 0 saturated carbocycles. The standard InChI is InChI=1S/C13H20N2O2/c1-4-15(7-8-17-11(3)16)12-5-6-13(14)10(2)9-12/h5-6,9H,4,7-8,14H2,1-3H3. The van der Waals surface area contributed by atoms with E-state index in [0.29, 0.717) is 13.2 Å². The highest BCUT2D eigenvalue weighted by atomic mass is 16.5. The molecule has 2 N–H and O–H groups in total. The molecule has 0 aliphatic carbocycles. The van der Waals surface area contributed by atoms with Crippen molar-refractivity contribution in [2.75, 3.05) is 30.3 Å². The quantitative estimate of drug-likeness (QED) is 0.627. The van der Waals surface area contributed by atoms with E-state index in [1.54, 1.807) is 0 Å². The first-order chi connectivity index (χ1) is 8.04. The van der Waals surface area contributed by atoms with Crippen molar-refractivity contribution >= 4 is 17.3 Å². The average molecular weight is 236 g/mol. The number of rotatable bonds is 5. The van der Waals surface area contributed by atoms with Crippen molar-refractivity contribution in [1.29, 1.82) is 0 Å². The average Bonchev–Trinajstić information content (AvgIpc) is 2.28. The lowest BCUT2D eigenvalue weighted by Crippen LogP contribution is -2.27. The van der Waals surface area contributed by atoms with E-state index in [-0.39, 0.29) is 5.97 Å². The Labute approximate surface area is 102 Å². The molecule has 4 heteroatoms. The fourth-order valence-electron chi connectivity index (χ4n) is 1.63. The van der Waals surface area contributed by atoms with Crippen LogP contribution in [-0.4, -0.2) is 25.7 Å². The number of likely N-dealkylation sites (N-methyl/N-ethyl adjacent to an activating group) is 1. The number of nitrogens with zero attached hydrogens (tertiary/aromatic N) is 1. The molecule has 1 aromatic rings. The third-order valence-corrected chi connectivity index (χ3v) is 2.67. The van der Waals surface area contributed by atoms with Crippen LogP contribution in [0.1, 0.15) is 19.4 Å². The van der Waals surface area contributed by atoms with Gasteiger partial charge < -0.3 is 15.4 Å². The van der Waals surface area contributed by atoms with Crippen LogP contribution in [-0.2, 0) is 9.53 Å². The number of hydrogen-bond donors (Lipinski definition) is 1. The molecule has 0 bridgehead atoms. The van der Waals surface area contributed by atoms with Gasteiger partial charge in [0.05, 0.1) is 6.54 Å². The highest BCUT2D eigenvalue weighted by Crippen LogP contribution is 2.20. The summed E-state index contributed by atoms with van der Waals surface area (Å²) >= 11 is 0. The highest BCUT2D eigenvalue weighted by Gasteiger charge is 2.06. The fourth-order valence-corrected chi connectivity index (χ4v) is 1.63. The molecule has 0 atom stereocenters. The number of nitrogen functional groups attached to an aromatic ring is 1. The van der Waals surface area contributed by atoms with Gasteiger partial charge in [0.25, 0.3) is 0 Å². The van der Waals surface area contributed by atoms with Gasteiger partial charge in [-0.05, 0) is 37.6 Å². The molecule has 0 aliphatic heterocycles. The minimum atomic E-state index is -0.241. The van der Waals surface area contributed by atoms with Gasteiger partial charge in [0.1, 0.15) is 6.61 Å². The van der Waals surface area contributed by atoms with Gasteiger partial charge in [-0.1, -0.05) is 0 Å². The number of carbonyl (C=O) groups excluding carboxylic acids is 1. The number of nitrogens with two attached hydrogens (primary N) is 1. The van der Waals surface area contributed by atoms with E-state index in [1.165, 1.54) is 6.92 Å². The molecule has 0 aromatic heterocycles. The van der Waals surface area contributed by atoms with Gasteiger partial charge in [0.2, 0.25) is 0 Å². The topological polar surface area (TPSA) is 55.6 Å². The molecular weight excluding hydrogens is 216 g/mol. The third-order valence-electron chi connectivity index (χ3n) is 2.67. The second-order valence-corrected chi connectivity index (χ2v) is 3.96. The van der Waals surface area contributed by atoms with E-state index in [2.05, 4.69) is 11.8 Å². The predicted octanol–water partition coefficient (Wildman–Crippen LogP) is 1.97. The summed E-state index contributed by atoms with van der Waals surface area (Å²) in [6, 6.07) is 5.94. The normalized spacial score (nSPS) is 10.1. The molecule has 0 fully saturated rings. The Bertz CT molecular complexity index is 391. The number of esters is 1. The summed E-state index contributed by atoms with van der Waals surface area (Å²) in [6.07, 6.45) is 0. The van der Waals surface area contributed by atoms with Gasteiger partial charge in [0.15, 0.2) is 0 Å². The second-order valence-electron chi connectivity index (χ2n) is 3.96.